The van der Waals surface area contributed by atoms with Gasteiger partial charge in [-0.1, -0.05) is 52.0 Å². The van der Waals surface area contributed by atoms with Crippen molar-refractivity contribution in [1.82, 2.24) is 0 Å². The van der Waals surface area contributed by atoms with Gasteiger partial charge in [0, 0.05) is 17.7 Å². The van der Waals surface area contributed by atoms with Crippen LogP contribution < -0.4 is 5.73 Å². The molecule has 3 N–H and O–H groups in total. The Bertz CT molecular complexity index is 304. The second kappa shape index (κ2) is 9.79. The van der Waals surface area contributed by atoms with Crippen LogP contribution in [0.3, 0.4) is 0 Å². The number of oxime groups is 1. The second-order valence-corrected chi connectivity index (χ2v) is 6.10. The molecule has 0 heterocycles. The first-order chi connectivity index (χ1) is 8.89. The molecule has 3 nitrogen and oxygen atoms in total. The molecule has 0 aliphatic carbocycles. The van der Waals surface area contributed by atoms with Gasteiger partial charge in [-0.05, 0) is 31.6 Å². The van der Waals surface area contributed by atoms with Crippen LogP contribution in [0, 0.1) is 11.3 Å². The van der Waals surface area contributed by atoms with E-state index in [0.717, 1.165) is 25.7 Å². The number of nitrogens with zero attached hydrogens (tertiary/aromatic N) is 1. The Labute approximate surface area is 118 Å². The summed E-state index contributed by atoms with van der Waals surface area (Å²) in [5, 5.41) is 11.6. The lowest BCUT2D eigenvalue weighted by molar-refractivity contribution is 0.313. The minimum atomic E-state index is -0.0782. The van der Waals surface area contributed by atoms with Crippen LogP contribution in [0.25, 0.3) is 0 Å². The van der Waals surface area contributed by atoms with Crippen molar-refractivity contribution in [3.63, 3.8) is 0 Å². The van der Waals surface area contributed by atoms with Gasteiger partial charge in [0.05, 0.1) is 0 Å². The molecule has 0 aromatic carbocycles. The summed E-state index contributed by atoms with van der Waals surface area (Å²) in [5.41, 5.74) is 5.88. The van der Waals surface area contributed by atoms with E-state index in [4.69, 9.17) is 10.9 Å². The Balaban J connectivity index is 3.72. The zero-order valence-electron chi connectivity index (χ0n) is 12.8. The predicted molar refractivity (Wildman–Crippen MR) is 83.6 cm³/mol. The molecular weight excluding hydrogens is 236 g/mol. The standard InChI is InChI=1S/C16H30N2O/c1-14(2)15(17)11-9-7-5-6-8-10-12-16(3,4)13-18-19/h7-10,13-15,19H,5-6,11-12,17H2,1-4H3. The number of unbranched alkanes of at least 4 members (excludes halogenated alkanes) is 1. The average Bonchev–Trinajstić information content (AvgIpc) is 2.31. The number of allylic oxidation sites excluding steroid dienone is 3. The van der Waals surface area contributed by atoms with Crippen molar-refractivity contribution < 1.29 is 5.21 Å². The van der Waals surface area contributed by atoms with Crippen LogP contribution in [0.1, 0.15) is 53.4 Å². The van der Waals surface area contributed by atoms with E-state index >= 15 is 0 Å². The van der Waals surface area contributed by atoms with E-state index in [-0.39, 0.29) is 11.5 Å². The molecule has 1 unspecified atom stereocenters. The van der Waals surface area contributed by atoms with Gasteiger partial charge in [0.25, 0.3) is 0 Å². The largest absolute Gasteiger partial charge is 0.411 e. The molecule has 0 amide bonds. The van der Waals surface area contributed by atoms with Gasteiger partial charge in [0.2, 0.25) is 0 Å². The van der Waals surface area contributed by atoms with E-state index < -0.39 is 0 Å². The topological polar surface area (TPSA) is 58.6 Å². The highest BCUT2D eigenvalue weighted by Gasteiger charge is 2.12. The first-order valence-corrected chi connectivity index (χ1v) is 7.13. The summed E-state index contributed by atoms with van der Waals surface area (Å²) >= 11 is 0. The van der Waals surface area contributed by atoms with Crippen LogP contribution in [0.5, 0.6) is 0 Å². The van der Waals surface area contributed by atoms with Gasteiger partial charge in [-0.15, -0.1) is 5.16 Å². The molecule has 0 rings (SSSR count). The van der Waals surface area contributed by atoms with E-state index in [9.17, 15) is 0 Å². The number of hydrogen-bond acceptors (Lipinski definition) is 3. The maximum absolute atomic E-state index is 8.51. The highest BCUT2D eigenvalue weighted by atomic mass is 16.4. The van der Waals surface area contributed by atoms with Crippen LogP contribution in [0.15, 0.2) is 29.5 Å². The first-order valence-electron chi connectivity index (χ1n) is 7.13. The molecule has 0 aromatic heterocycles. The predicted octanol–water partition coefficient (Wildman–Crippen LogP) is 4.13. The van der Waals surface area contributed by atoms with Gasteiger partial charge < -0.3 is 10.9 Å². The van der Waals surface area contributed by atoms with Crippen LogP contribution in [-0.2, 0) is 0 Å². The zero-order valence-corrected chi connectivity index (χ0v) is 12.8. The Hall–Kier alpha value is -1.09. The SMILES string of the molecule is CC(C)C(N)CC=CCCC=CCC(C)(C)C=NO. The van der Waals surface area contributed by atoms with Crippen molar-refractivity contribution >= 4 is 6.21 Å². The van der Waals surface area contributed by atoms with Crippen molar-refractivity contribution in [2.75, 3.05) is 0 Å². The fraction of sp³-hybridized carbons (Fsp3) is 0.688. The van der Waals surface area contributed by atoms with Gasteiger partial charge >= 0.3 is 0 Å². The third-order valence-corrected chi connectivity index (χ3v) is 3.15. The fourth-order valence-electron chi connectivity index (χ4n) is 1.55. The quantitative estimate of drug-likeness (QED) is 0.217. The Morgan fingerprint density at radius 1 is 1.11 bits per heavy atom. The van der Waals surface area contributed by atoms with Crippen LogP contribution in [0.4, 0.5) is 0 Å². The van der Waals surface area contributed by atoms with Crippen molar-refractivity contribution in [2.45, 2.75) is 59.4 Å². The van der Waals surface area contributed by atoms with Crippen molar-refractivity contribution in [1.29, 1.82) is 0 Å². The minimum absolute atomic E-state index is 0.0782. The summed E-state index contributed by atoms with van der Waals surface area (Å²) in [5.74, 6) is 0.542. The lowest BCUT2D eigenvalue weighted by Gasteiger charge is -2.14. The molecule has 3 heteroatoms. The van der Waals surface area contributed by atoms with E-state index in [0.29, 0.717) is 5.92 Å². The lowest BCUT2D eigenvalue weighted by atomic mass is 9.91. The molecule has 0 saturated heterocycles. The molecule has 0 bridgehead atoms. The summed E-state index contributed by atoms with van der Waals surface area (Å²) in [6, 6.07) is 0.269. The van der Waals surface area contributed by atoms with Gasteiger partial charge in [-0.2, -0.15) is 0 Å². The zero-order chi connectivity index (χ0) is 14.7. The Kier molecular flexibility index (Phi) is 9.23. The smallest absolute Gasteiger partial charge is 0.0495 e. The van der Waals surface area contributed by atoms with Gasteiger partial charge in [0.1, 0.15) is 0 Å². The highest BCUT2D eigenvalue weighted by Crippen LogP contribution is 2.17. The number of nitrogens with two attached hydrogens (primary N) is 1. The summed E-state index contributed by atoms with van der Waals surface area (Å²) in [7, 11) is 0. The third-order valence-electron chi connectivity index (χ3n) is 3.15. The summed E-state index contributed by atoms with van der Waals surface area (Å²) in [6.07, 6.45) is 14.2. The molecule has 0 radical (unpaired) electrons. The van der Waals surface area contributed by atoms with Gasteiger partial charge in [-0.3, -0.25) is 0 Å². The average molecular weight is 266 g/mol. The number of rotatable bonds is 9. The highest BCUT2D eigenvalue weighted by molar-refractivity contribution is 5.64. The molecule has 0 spiro atoms. The maximum Gasteiger partial charge on any atom is 0.0495 e. The Morgan fingerprint density at radius 3 is 2.21 bits per heavy atom. The molecule has 19 heavy (non-hydrogen) atoms. The summed E-state index contributed by atoms with van der Waals surface area (Å²) in [6.45, 7) is 8.39. The van der Waals surface area contributed by atoms with E-state index in [1.807, 2.05) is 13.8 Å². The van der Waals surface area contributed by atoms with E-state index in [2.05, 4.69) is 43.3 Å². The monoisotopic (exact) mass is 266 g/mol. The maximum atomic E-state index is 8.51. The van der Waals surface area contributed by atoms with Gasteiger partial charge in [-0.25, -0.2) is 0 Å². The van der Waals surface area contributed by atoms with Crippen molar-refractivity contribution in [3.05, 3.63) is 24.3 Å². The molecular formula is C16H30N2O. The molecule has 0 aromatic rings. The minimum Gasteiger partial charge on any atom is -0.411 e. The van der Waals surface area contributed by atoms with Crippen LogP contribution in [-0.4, -0.2) is 17.5 Å². The normalized spacial score (nSPS) is 15.3. The second-order valence-electron chi connectivity index (χ2n) is 6.10. The molecule has 0 fully saturated rings. The number of hydrogen-bond donors (Lipinski definition) is 2. The van der Waals surface area contributed by atoms with Crippen LogP contribution >= 0.6 is 0 Å². The molecule has 1 atom stereocenters. The third kappa shape index (κ3) is 10.5. The Morgan fingerprint density at radius 2 is 1.68 bits per heavy atom. The molecule has 0 aliphatic rings. The molecule has 0 saturated carbocycles. The van der Waals surface area contributed by atoms with E-state index in [1.165, 1.54) is 0 Å². The fourth-order valence-corrected chi connectivity index (χ4v) is 1.55. The molecule has 0 aliphatic heterocycles. The molecule has 110 valence electrons. The van der Waals surface area contributed by atoms with Crippen LogP contribution in [0.2, 0.25) is 0 Å². The van der Waals surface area contributed by atoms with Crippen molar-refractivity contribution in [2.24, 2.45) is 22.2 Å². The summed E-state index contributed by atoms with van der Waals surface area (Å²) in [4.78, 5) is 0. The summed E-state index contributed by atoms with van der Waals surface area (Å²) < 4.78 is 0. The van der Waals surface area contributed by atoms with E-state index in [1.54, 1.807) is 6.21 Å². The van der Waals surface area contributed by atoms with Crippen molar-refractivity contribution in [3.8, 4) is 0 Å². The van der Waals surface area contributed by atoms with Gasteiger partial charge in [0.15, 0.2) is 0 Å². The lowest BCUT2D eigenvalue weighted by Crippen LogP contribution is -2.25. The first kappa shape index (κ1) is 17.9.